The first kappa shape index (κ1) is 34.9. The third-order valence-corrected chi connectivity index (χ3v) is 5.79. The van der Waals surface area contributed by atoms with Crippen LogP contribution in [0.15, 0.2) is 48.6 Å². The molecule has 0 saturated carbocycles. The number of nitriles is 1. The van der Waals surface area contributed by atoms with Crippen molar-refractivity contribution in [1.29, 1.82) is 5.26 Å². The molecule has 0 saturated heterocycles. The maximum Gasteiger partial charge on any atom is 0.139 e. The number of anilines is 1. The average molecular weight is 523 g/mol. The molecule has 0 aromatic heterocycles. The first-order valence-corrected chi connectivity index (χ1v) is 13.6. The molecule has 0 radical (unpaired) electrons. The van der Waals surface area contributed by atoms with Gasteiger partial charge in [-0.05, 0) is 87.2 Å². The van der Waals surface area contributed by atoms with Crippen molar-refractivity contribution in [3.63, 3.8) is 0 Å². The summed E-state index contributed by atoms with van der Waals surface area (Å²) in [6.45, 7) is 20.3. The van der Waals surface area contributed by atoms with E-state index in [2.05, 4.69) is 55.3 Å². The van der Waals surface area contributed by atoms with Gasteiger partial charge in [0, 0.05) is 25.3 Å². The summed E-state index contributed by atoms with van der Waals surface area (Å²) < 4.78 is 5.17. The largest absolute Gasteiger partial charge is 0.497 e. The number of carbonyl (C=O) groups excluding carboxylic acids is 1. The van der Waals surface area contributed by atoms with Gasteiger partial charge in [0.2, 0.25) is 0 Å². The topological polar surface area (TPSA) is 77.4 Å². The lowest BCUT2D eigenvalue weighted by Gasteiger charge is -2.24. The van der Waals surface area contributed by atoms with Gasteiger partial charge in [0.15, 0.2) is 0 Å². The van der Waals surface area contributed by atoms with E-state index in [1.165, 1.54) is 24.0 Å². The number of nitrogens with zero attached hydrogens (tertiary/aromatic N) is 2. The molecule has 0 aliphatic heterocycles. The zero-order valence-corrected chi connectivity index (χ0v) is 25.0. The number of hydrogen-bond donors (Lipinski definition) is 2. The standard InChI is InChI=1S/C14H16N2O.C11H14O.C5H14N2.C2H6/c1-11(2)10-16(6-7-17)14-8-13(9-15)5-4-12(14)3;1-8-5-9-3-4-11(12-2)7-10(9)6-8;1-3-7-5-4-6-2;1-2/h4-5,7-8H,1,6,10H2,2-3H3;3-4,7-8H,5-6H2,1-2H3;6-7H,3-5H2,1-2H3;1-2H3. The molecular weight excluding hydrogens is 472 g/mol. The number of rotatable bonds is 10. The molecule has 2 aromatic carbocycles. The summed E-state index contributed by atoms with van der Waals surface area (Å²) >= 11 is 0. The first-order chi connectivity index (χ1) is 18.3. The van der Waals surface area contributed by atoms with Crippen LogP contribution in [-0.2, 0) is 17.6 Å². The lowest BCUT2D eigenvalue weighted by molar-refractivity contribution is -0.106. The van der Waals surface area contributed by atoms with Crippen molar-refractivity contribution in [2.45, 2.75) is 54.4 Å². The van der Waals surface area contributed by atoms with Gasteiger partial charge in [0.1, 0.15) is 12.0 Å². The van der Waals surface area contributed by atoms with Crippen LogP contribution in [-0.4, -0.2) is 53.2 Å². The van der Waals surface area contributed by atoms with Gasteiger partial charge in [-0.3, -0.25) is 0 Å². The number of carbonyl (C=O) groups is 1. The van der Waals surface area contributed by atoms with Crippen LogP contribution in [0.3, 0.4) is 0 Å². The minimum Gasteiger partial charge on any atom is -0.497 e. The normalized spacial score (nSPS) is 12.7. The SMILES string of the molecule is C=C(C)CN(CC=O)c1cc(C#N)ccc1C.CC.CCNCCNC.COc1ccc2c(c1)CC(C)C2. The van der Waals surface area contributed by atoms with E-state index in [4.69, 9.17) is 10.00 Å². The Kier molecular flexibility index (Phi) is 19.1. The molecular formula is C32H50N4O2. The Labute approximate surface area is 232 Å². The highest BCUT2D eigenvalue weighted by atomic mass is 16.5. The van der Waals surface area contributed by atoms with Gasteiger partial charge < -0.3 is 25.1 Å². The molecule has 1 aliphatic carbocycles. The van der Waals surface area contributed by atoms with E-state index in [0.29, 0.717) is 18.7 Å². The number of likely N-dealkylation sites (N-methyl/N-ethyl adjacent to an activating group) is 2. The Morgan fingerprint density at radius 3 is 2.42 bits per heavy atom. The molecule has 2 N–H and O–H groups in total. The number of hydrogen-bond acceptors (Lipinski definition) is 6. The van der Waals surface area contributed by atoms with Crippen LogP contribution in [0.1, 0.15) is 56.9 Å². The molecule has 0 heterocycles. The summed E-state index contributed by atoms with van der Waals surface area (Å²) in [4.78, 5) is 12.6. The number of aldehydes is 1. The van der Waals surface area contributed by atoms with Gasteiger partial charge in [-0.1, -0.05) is 52.0 Å². The first-order valence-electron chi connectivity index (χ1n) is 13.6. The molecule has 0 amide bonds. The number of methoxy groups -OCH3 is 1. The fourth-order valence-electron chi connectivity index (χ4n) is 4.02. The summed E-state index contributed by atoms with van der Waals surface area (Å²) in [5.41, 5.74) is 6.52. The maximum absolute atomic E-state index is 10.7. The third kappa shape index (κ3) is 13.4. The van der Waals surface area contributed by atoms with Crippen molar-refractivity contribution in [1.82, 2.24) is 10.6 Å². The van der Waals surface area contributed by atoms with E-state index in [1.54, 1.807) is 13.2 Å². The number of ether oxygens (including phenoxy) is 1. The average Bonchev–Trinajstić information content (AvgIpc) is 3.30. The second-order valence-electron chi connectivity index (χ2n) is 9.22. The van der Waals surface area contributed by atoms with Crippen LogP contribution in [0.4, 0.5) is 5.69 Å². The van der Waals surface area contributed by atoms with Crippen LogP contribution < -0.4 is 20.3 Å². The van der Waals surface area contributed by atoms with Crippen molar-refractivity contribution in [2.75, 3.05) is 51.8 Å². The molecule has 0 bridgehead atoms. The van der Waals surface area contributed by atoms with Crippen molar-refractivity contribution < 1.29 is 9.53 Å². The number of nitrogens with one attached hydrogen (secondary N) is 2. The minimum absolute atomic E-state index is 0.308. The van der Waals surface area contributed by atoms with Crippen LogP contribution in [0, 0.1) is 24.2 Å². The lowest BCUT2D eigenvalue weighted by Crippen LogP contribution is -2.27. The highest BCUT2D eigenvalue weighted by molar-refractivity contribution is 5.65. The van der Waals surface area contributed by atoms with Crippen molar-refractivity contribution >= 4 is 12.0 Å². The molecule has 1 atom stereocenters. The second kappa shape index (κ2) is 20.9. The Hall–Kier alpha value is -3.14. The zero-order valence-electron chi connectivity index (χ0n) is 25.0. The number of benzene rings is 2. The van der Waals surface area contributed by atoms with Crippen molar-refractivity contribution in [2.24, 2.45) is 5.92 Å². The minimum atomic E-state index is 0.308. The van der Waals surface area contributed by atoms with Crippen molar-refractivity contribution in [3.05, 3.63) is 70.8 Å². The van der Waals surface area contributed by atoms with Gasteiger partial charge in [-0.2, -0.15) is 5.26 Å². The van der Waals surface area contributed by atoms with E-state index in [-0.39, 0.29) is 0 Å². The third-order valence-electron chi connectivity index (χ3n) is 5.79. The molecule has 1 aliphatic rings. The predicted molar refractivity (Wildman–Crippen MR) is 162 cm³/mol. The van der Waals surface area contributed by atoms with E-state index in [9.17, 15) is 4.79 Å². The molecule has 6 heteroatoms. The van der Waals surface area contributed by atoms with Gasteiger partial charge in [-0.25, -0.2) is 0 Å². The Morgan fingerprint density at radius 2 is 1.87 bits per heavy atom. The molecule has 3 rings (SSSR count). The molecule has 2 aromatic rings. The van der Waals surface area contributed by atoms with Crippen molar-refractivity contribution in [3.8, 4) is 11.8 Å². The summed E-state index contributed by atoms with van der Waals surface area (Å²) in [6, 6.07) is 14.0. The fraction of sp³-hybridized carbons (Fsp3) is 0.500. The monoisotopic (exact) mass is 522 g/mol. The van der Waals surface area contributed by atoms with E-state index in [1.807, 2.05) is 51.8 Å². The highest BCUT2D eigenvalue weighted by Gasteiger charge is 2.17. The summed E-state index contributed by atoms with van der Waals surface area (Å²) in [5, 5.41) is 15.1. The molecule has 6 nitrogen and oxygen atoms in total. The molecule has 0 fully saturated rings. The van der Waals surface area contributed by atoms with E-state index < -0.39 is 0 Å². The van der Waals surface area contributed by atoms with Gasteiger partial charge in [-0.15, -0.1) is 0 Å². The second-order valence-corrected chi connectivity index (χ2v) is 9.22. The lowest BCUT2D eigenvalue weighted by atomic mass is 10.1. The molecule has 210 valence electrons. The number of aryl methyl sites for hydroxylation is 1. The smallest absolute Gasteiger partial charge is 0.139 e. The summed E-state index contributed by atoms with van der Waals surface area (Å²) in [5.74, 6) is 1.80. The van der Waals surface area contributed by atoms with Gasteiger partial charge >= 0.3 is 0 Å². The summed E-state index contributed by atoms with van der Waals surface area (Å²) in [7, 11) is 3.68. The van der Waals surface area contributed by atoms with Crippen LogP contribution in [0.2, 0.25) is 0 Å². The van der Waals surface area contributed by atoms with Crippen LogP contribution >= 0.6 is 0 Å². The molecule has 1 unspecified atom stereocenters. The predicted octanol–water partition coefficient (Wildman–Crippen LogP) is 5.72. The van der Waals surface area contributed by atoms with E-state index >= 15 is 0 Å². The fourth-order valence-corrected chi connectivity index (χ4v) is 4.02. The maximum atomic E-state index is 10.7. The Bertz CT molecular complexity index is 993. The van der Waals surface area contributed by atoms with E-state index in [0.717, 1.165) is 54.4 Å². The van der Waals surface area contributed by atoms with Crippen LogP contribution in [0.25, 0.3) is 0 Å². The molecule has 38 heavy (non-hydrogen) atoms. The van der Waals surface area contributed by atoms with Crippen LogP contribution in [0.5, 0.6) is 5.75 Å². The van der Waals surface area contributed by atoms with Gasteiger partial charge in [0.05, 0.1) is 25.3 Å². The zero-order chi connectivity index (χ0) is 28.9. The Balaban J connectivity index is 0.000000566. The van der Waals surface area contributed by atoms with Gasteiger partial charge in [0.25, 0.3) is 0 Å². The molecule has 0 spiro atoms. The number of fused-ring (bicyclic) bond motifs is 1. The highest BCUT2D eigenvalue weighted by Crippen LogP contribution is 2.29. The quantitative estimate of drug-likeness (QED) is 0.236. The summed E-state index contributed by atoms with van der Waals surface area (Å²) in [6.07, 6.45) is 3.31. The Morgan fingerprint density at radius 1 is 1.18 bits per heavy atom.